The van der Waals surface area contributed by atoms with E-state index in [9.17, 15) is 14.4 Å². The van der Waals surface area contributed by atoms with Crippen molar-refractivity contribution in [1.29, 1.82) is 0 Å². The zero-order valence-electron chi connectivity index (χ0n) is 22.7. The second kappa shape index (κ2) is 13.6. The van der Waals surface area contributed by atoms with Crippen molar-refractivity contribution in [3.8, 4) is 22.9 Å². The minimum Gasteiger partial charge on any atom is -0.497 e. The Hall–Kier alpha value is -3.69. The molecule has 37 heavy (non-hydrogen) atoms. The Morgan fingerprint density at radius 3 is 1.84 bits per heavy atom. The Morgan fingerprint density at radius 1 is 0.838 bits per heavy atom. The van der Waals surface area contributed by atoms with Gasteiger partial charge in [-0.15, -0.1) is 0 Å². The van der Waals surface area contributed by atoms with Crippen molar-refractivity contribution in [3.05, 3.63) is 35.7 Å². The van der Waals surface area contributed by atoms with Crippen LogP contribution in [0, 0.1) is 0 Å². The lowest BCUT2D eigenvalue weighted by atomic mass is 10.2. The van der Waals surface area contributed by atoms with Crippen molar-refractivity contribution in [2.75, 3.05) is 33.5 Å². The van der Waals surface area contributed by atoms with Gasteiger partial charge in [0.15, 0.2) is 29.5 Å². The fraction of sp³-hybridized carbons (Fsp3) is 0.519. The van der Waals surface area contributed by atoms with Crippen LogP contribution in [0.1, 0.15) is 75.4 Å². The molecule has 0 N–H and O–H groups in total. The molecule has 0 aliphatic carbocycles. The third-order valence-electron chi connectivity index (χ3n) is 4.85. The van der Waals surface area contributed by atoms with E-state index in [0.717, 1.165) is 6.42 Å². The normalized spacial score (nSPS) is 11.0. The molecule has 10 heteroatoms. The van der Waals surface area contributed by atoms with Crippen molar-refractivity contribution in [2.45, 2.75) is 60.0 Å². The van der Waals surface area contributed by atoms with Crippen LogP contribution in [0.25, 0.3) is 5.69 Å². The van der Waals surface area contributed by atoms with E-state index in [1.54, 1.807) is 58.9 Å². The predicted molar refractivity (Wildman–Crippen MR) is 136 cm³/mol. The number of ether oxygens (including phenoxy) is 6. The van der Waals surface area contributed by atoms with Crippen molar-refractivity contribution in [2.24, 2.45) is 0 Å². The van der Waals surface area contributed by atoms with Crippen LogP contribution in [0.4, 0.5) is 0 Å². The molecule has 0 atom stereocenters. The minimum atomic E-state index is -0.770. The second-order valence-corrected chi connectivity index (χ2v) is 8.91. The summed E-state index contributed by atoms with van der Waals surface area (Å²) < 4.78 is 34.4. The first-order chi connectivity index (χ1) is 17.6. The molecule has 0 bridgehead atoms. The molecule has 1 aromatic heterocycles. The summed E-state index contributed by atoms with van der Waals surface area (Å²) in [5.74, 6) is -1.71. The van der Waals surface area contributed by atoms with Crippen molar-refractivity contribution < 1.29 is 42.8 Å². The highest BCUT2D eigenvalue weighted by Crippen LogP contribution is 2.42. The Kier molecular flexibility index (Phi) is 10.8. The van der Waals surface area contributed by atoms with E-state index in [4.69, 9.17) is 28.4 Å². The van der Waals surface area contributed by atoms with E-state index in [1.165, 1.54) is 11.7 Å². The van der Waals surface area contributed by atoms with Crippen LogP contribution >= 0.6 is 0 Å². The van der Waals surface area contributed by atoms with E-state index < -0.39 is 30.1 Å². The number of rotatable bonds is 13. The Morgan fingerprint density at radius 2 is 1.38 bits per heavy atom. The quantitative estimate of drug-likeness (QED) is 0.210. The molecule has 2 aromatic rings. The molecule has 204 valence electrons. The third-order valence-corrected chi connectivity index (χ3v) is 4.85. The molecule has 0 radical (unpaired) electrons. The van der Waals surface area contributed by atoms with Gasteiger partial charge in [0.05, 0.1) is 26.9 Å². The Bertz CT molecular complexity index is 1070. The molecule has 0 unspecified atom stereocenters. The van der Waals surface area contributed by atoms with Gasteiger partial charge in [-0.2, -0.15) is 0 Å². The maximum atomic E-state index is 13.3. The minimum absolute atomic E-state index is 0.0191. The summed E-state index contributed by atoms with van der Waals surface area (Å²) in [4.78, 5) is 39.0. The van der Waals surface area contributed by atoms with Crippen LogP contribution in [0.15, 0.2) is 24.3 Å². The number of carbonyl (C=O) groups excluding carboxylic acids is 3. The summed E-state index contributed by atoms with van der Waals surface area (Å²) in [5.41, 5.74) is -0.495. The van der Waals surface area contributed by atoms with E-state index in [1.807, 2.05) is 6.92 Å². The number of aromatic nitrogens is 1. The topological polar surface area (TPSA) is 112 Å². The summed E-state index contributed by atoms with van der Waals surface area (Å²) in [6, 6.07) is 6.69. The fourth-order valence-corrected chi connectivity index (χ4v) is 3.37. The third kappa shape index (κ3) is 7.90. The highest BCUT2D eigenvalue weighted by molar-refractivity contribution is 6.01. The fourth-order valence-electron chi connectivity index (χ4n) is 3.37. The van der Waals surface area contributed by atoms with Crippen LogP contribution in [0.2, 0.25) is 0 Å². The monoisotopic (exact) mass is 519 g/mol. The average molecular weight is 520 g/mol. The lowest BCUT2D eigenvalue weighted by Crippen LogP contribution is -2.27. The lowest BCUT2D eigenvalue weighted by Gasteiger charge is -2.19. The average Bonchev–Trinajstić information content (AvgIpc) is 3.16. The number of carbonyl (C=O) groups is 3. The first-order valence-corrected chi connectivity index (χ1v) is 12.3. The van der Waals surface area contributed by atoms with Crippen LogP contribution in [0.3, 0.4) is 0 Å². The number of hydrogen-bond donors (Lipinski definition) is 0. The lowest BCUT2D eigenvalue weighted by molar-refractivity contribution is -0.157. The zero-order valence-corrected chi connectivity index (χ0v) is 22.7. The Balaban J connectivity index is 2.80. The number of benzene rings is 1. The zero-order chi connectivity index (χ0) is 27.6. The van der Waals surface area contributed by atoms with E-state index >= 15 is 0 Å². The molecule has 0 spiro atoms. The molecular weight excluding hydrogens is 482 g/mol. The van der Waals surface area contributed by atoms with Crippen molar-refractivity contribution in [3.63, 3.8) is 0 Å². The summed E-state index contributed by atoms with van der Waals surface area (Å²) in [7, 11) is 1.53. The highest BCUT2D eigenvalue weighted by atomic mass is 16.6. The maximum absolute atomic E-state index is 13.3. The van der Waals surface area contributed by atoms with Crippen molar-refractivity contribution >= 4 is 17.9 Å². The summed E-state index contributed by atoms with van der Waals surface area (Å²) in [6.07, 6.45) is 1.50. The molecule has 0 saturated heterocycles. The molecule has 10 nitrogen and oxygen atoms in total. The molecule has 1 heterocycles. The van der Waals surface area contributed by atoms with E-state index in [-0.39, 0.29) is 42.7 Å². The smallest absolute Gasteiger partial charge is 0.359 e. The summed E-state index contributed by atoms with van der Waals surface area (Å²) >= 11 is 0. The van der Waals surface area contributed by atoms with Crippen LogP contribution in [0.5, 0.6) is 17.2 Å². The standard InChI is InChI=1S/C27H37NO9/c1-8-11-16-35-23-21(25(30)33-9-2)28(18-12-14-19(32-7)15-13-18)22(26(31)34-10-3)24(23)36-17-20(29)37-27(4,5)6/h12-15H,8-11,16-17H2,1-7H3. The maximum Gasteiger partial charge on any atom is 0.359 e. The number of esters is 3. The molecule has 2 rings (SSSR count). The van der Waals surface area contributed by atoms with E-state index in [0.29, 0.717) is 17.9 Å². The first kappa shape index (κ1) is 29.5. The van der Waals surface area contributed by atoms with Crippen LogP contribution in [-0.2, 0) is 19.0 Å². The number of unbranched alkanes of at least 4 members (excludes halogenated alkanes) is 1. The molecule has 0 saturated carbocycles. The second-order valence-electron chi connectivity index (χ2n) is 8.91. The number of methoxy groups -OCH3 is 1. The molecular formula is C27H37NO9. The van der Waals surface area contributed by atoms with Gasteiger partial charge >= 0.3 is 17.9 Å². The number of nitrogens with zero attached hydrogens (tertiary/aromatic N) is 1. The van der Waals surface area contributed by atoms with Crippen LogP contribution < -0.4 is 14.2 Å². The molecule has 0 aliphatic rings. The first-order valence-electron chi connectivity index (χ1n) is 12.3. The Labute approximate surface area is 217 Å². The van der Waals surface area contributed by atoms with Crippen LogP contribution in [-0.4, -0.2) is 61.6 Å². The van der Waals surface area contributed by atoms with Gasteiger partial charge in [0, 0.05) is 5.69 Å². The van der Waals surface area contributed by atoms with Gasteiger partial charge in [-0.05, 0) is 65.3 Å². The molecule has 0 fully saturated rings. The molecule has 0 aliphatic heterocycles. The van der Waals surface area contributed by atoms with Gasteiger partial charge in [0.25, 0.3) is 0 Å². The predicted octanol–water partition coefficient (Wildman–Crippen LogP) is 4.74. The largest absolute Gasteiger partial charge is 0.497 e. The van der Waals surface area contributed by atoms with E-state index in [2.05, 4.69) is 0 Å². The summed E-state index contributed by atoms with van der Waals surface area (Å²) in [5, 5.41) is 0. The van der Waals surface area contributed by atoms with Gasteiger partial charge in [-0.3, -0.25) is 4.57 Å². The van der Waals surface area contributed by atoms with Gasteiger partial charge < -0.3 is 28.4 Å². The van der Waals surface area contributed by atoms with Gasteiger partial charge in [0.2, 0.25) is 0 Å². The van der Waals surface area contributed by atoms with Crippen molar-refractivity contribution in [1.82, 2.24) is 4.57 Å². The molecule has 1 aromatic carbocycles. The highest BCUT2D eigenvalue weighted by Gasteiger charge is 2.36. The van der Waals surface area contributed by atoms with Gasteiger partial charge in [0.1, 0.15) is 11.4 Å². The summed E-state index contributed by atoms with van der Waals surface area (Å²) in [6.45, 7) is 10.4. The SMILES string of the molecule is CCCCOc1c(OCC(=O)OC(C)(C)C)c(C(=O)OCC)n(-c2ccc(OC)cc2)c1C(=O)OCC. The molecule has 0 amide bonds. The van der Waals surface area contributed by atoms with Gasteiger partial charge in [-0.1, -0.05) is 13.3 Å². The number of hydrogen-bond acceptors (Lipinski definition) is 9. The van der Waals surface area contributed by atoms with Gasteiger partial charge in [-0.25, -0.2) is 14.4 Å².